The van der Waals surface area contributed by atoms with Crippen LogP contribution in [0.3, 0.4) is 0 Å². The third kappa shape index (κ3) is 5.51. The number of hydrogen-bond acceptors (Lipinski definition) is 4. The monoisotopic (exact) mass is 383 g/mol. The summed E-state index contributed by atoms with van der Waals surface area (Å²) in [5.41, 5.74) is 2.02. The molecule has 0 saturated carbocycles. The van der Waals surface area contributed by atoms with Crippen molar-refractivity contribution in [2.24, 2.45) is 0 Å². The fourth-order valence-electron chi connectivity index (χ4n) is 3.51. The van der Waals surface area contributed by atoms with Crippen LogP contribution < -0.4 is 5.32 Å². The van der Waals surface area contributed by atoms with E-state index in [1.807, 2.05) is 36.6 Å². The smallest absolute Gasteiger partial charge is 0.247 e. The van der Waals surface area contributed by atoms with Gasteiger partial charge in [0.1, 0.15) is 0 Å². The Kier molecular flexibility index (Phi) is 7.21. The van der Waals surface area contributed by atoms with Crippen molar-refractivity contribution < 1.29 is 4.79 Å². The van der Waals surface area contributed by atoms with Crippen LogP contribution in [-0.2, 0) is 4.79 Å². The zero-order valence-electron chi connectivity index (χ0n) is 16.2. The van der Waals surface area contributed by atoms with Crippen molar-refractivity contribution >= 4 is 23.3 Å². The first-order chi connectivity index (χ1) is 13.2. The third-order valence-electron chi connectivity index (χ3n) is 5.20. The van der Waals surface area contributed by atoms with E-state index in [0.29, 0.717) is 6.54 Å². The number of thiophene rings is 1. The number of nitrogens with zero attached hydrogens (tertiary/aromatic N) is 2. The third-order valence-corrected chi connectivity index (χ3v) is 6.01. The second-order valence-electron chi connectivity index (χ2n) is 6.95. The molecule has 1 saturated heterocycles. The Labute approximate surface area is 166 Å². The van der Waals surface area contributed by atoms with Gasteiger partial charge < -0.3 is 10.2 Å². The molecule has 1 unspecified atom stereocenters. The van der Waals surface area contributed by atoms with Crippen molar-refractivity contribution in [2.45, 2.75) is 19.9 Å². The van der Waals surface area contributed by atoms with Crippen molar-refractivity contribution in [2.75, 3.05) is 39.3 Å². The van der Waals surface area contributed by atoms with Crippen molar-refractivity contribution in [3.63, 3.8) is 0 Å². The predicted octanol–water partition coefficient (Wildman–Crippen LogP) is 3.65. The number of hydrogen-bond donors (Lipinski definition) is 1. The van der Waals surface area contributed by atoms with Crippen molar-refractivity contribution in [3.05, 3.63) is 63.9 Å². The summed E-state index contributed by atoms with van der Waals surface area (Å²) in [6.45, 7) is 10.1. The lowest BCUT2D eigenvalue weighted by Gasteiger charge is -2.39. The highest BCUT2D eigenvalue weighted by atomic mass is 32.1. The Morgan fingerprint density at radius 2 is 1.89 bits per heavy atom. The van der Waals surface area contributed by atoms with Crippen LogP contribution >= 0.6 is 11.3 Å². The SMILES string of the molecule is CCN1CCN(C(CNC(=O)/C(C)=C/c2cccs2)c2ccccc2)CC1. The van der Waals surface area contributed by atoms with Gasteiger partial charge in [0.15, 0.2) is 0 Å². The number of nitrogens with one attached hydrogen (secondary N) is 1. The molecule has 2 aromatic rings. The Bertz CT molecular complexity index is 734. The minimum Gasteiger partial charge on any atom is -0.350 e. The fraction of sp³-hybridized carbons (Fsp3) is 0.409. The average molecular weight is 384 g/mol. The molecule has 1 aromatic heterocycles. The summed E-state index contributed by atoms with van der Waals surface area (Å²) >= 11 is 1.65. The van der Waals surface area contributed by atoms with Gasteiger partial charge in [-0.05, 0) is 36.6 Å². The van der Waals surface area contributed by atoms with Gasteiger partial charge in [0.05, 0.1) is 6.04 Å². The second kappa shape index (κ2) is 9.83. The molecule has 1 aliphatic rings. The first kappa shape index (κ1) is 19.8. The molecule has 0 radical (unpaired) electrons. The van der Waals surface area contributed by atoms with Crippen molar-refractivity contribution in [1.82, 2.24) is 15.1 Å². The van der Waals surface area contributed by atoms with Gasteiger partial charge in [-0.2, -0.15) is 0 Å². The summed E-state index contributed by atoms with van der Waals surface area (Å²) in [7, 11) is 0. The standard InChI is InChI=1S/C22H29N3OS/c1-3-24-11-13-25(14-12-24)21(19-8-5-4-6-9-19)17-23-22(26)18(2)16-20-10-7-15-27-20/h4-10,15-16,21H,3,11-14,17H2,1-2H3,(H,23,26)/b18-16+. The molecular formula is C22H29N3OS. The van der Waals surface area contributed by atoms with E-state index in [1.165, 1.54) is 5.56 Å². The minimum absolute atomic E-state index is 0.0107. The van der Waals surface area contributed by atoms with Crippen LogP contribution in [0.2, 0.25) is 0 Å². The van der Waals surface area contributed by atoms with Gasteiger partial charge in [0.25, 0.3) is 0 Å². The van der Waals surface area contributed by atoms with E-state index in [1.54, 1.807) is 11.3 Å². The van der Waals surface area contributed by atoms with E-state index in [0.717, 1.165) is 43.2 Å². The molecule has 0 bridgehead atoms. The Morgan fingerprint density at radius 1 is 1.15 bits per heavy atom. The topological polar surface area (TPSA) is 35.6 Å². The summed E-state index contributed by atoms with van der Waals surface area (Å²) in [5, 5.41) is 5.18. The molecule has 1 N–H and O–H groups in total. The van der Waals surface area contributed by atoms with E-state index < -0.39 is 0 Å². The van der Waals surface area contributed by atoms with E-state index >= 15 is 0 Å². The summed E-state index contributed by atoms with van der Waals surface area (Å²) in [5.74, 6) is 0.0107. The largest absolute Gasteiger partial charge is 0.350 e. The lowest BCUT2D eigenvalue weighted by molar-refractivity contribution is -0.117. The van der Waals surface area contributed by atoms with Crippen LogP contribution in [0.15, 0.2) is 53.4 Å². The van der Waals surface area contributed by atoms with Crippen LogP contribution in [0.4, 0.5) is 0 Å². The number of likely N-dealkylation sites (N-methyl/N-ethyl adjacent to an activating group) is 1. The number of rotatable bonds is 7. The first-order valence-corrected chi connectivity index (χ1v) is 10.6. The molecular weight excluding hydrogens is 354 g/mol. The van der Waals surface area contributed by atoms with Gasteiger partial charge in [-0.3, -0.25) is 9.69 Å². The zero-order chi connectivity index (χ0) is 19.1. The maximum Gasteiger partial charge on any atom is 0.247 e. The molecule has 27 heavy (non-hydrogen) atoms. The molecule has 1 aliphatic heterocycles. The molecule has 0 aliphatic carbocycles. The Balaban J connectivity index is 1.66. The van der Waals surface area contributed by atoms with Crippen molar-refractivity contribution in [1.29, 1.82) is 0 Å². The lowest BCUT2D eigenvalue weighted by Crippen LogP contribution is -2.49. The highest BCUT2D eigenvalue weighted by molar-refractivity contribution is 7.10. The predicted molar refractivity (Wildman–Crippen MR) is 114 cm³/mol. The van der Waals surface area contributed by atoms with Crippen LogP contribution in [0.25, 0.3) is 6.08 Å². The van der Waals surface area contributed by atoms with Gasteiger partial charge >= 0.3 is 0 Å². The van der Waals surface area contributed by atoms with E-state index in [9.17, 15) is 4.79 Å². The second-order valence-corrected chi connectivity index (χ2v) is 7.93. The van der Waals surface area contributed by atoms with Gasteiger partial charge in [-0.15, -0.1) is 11.3 Å². The highest BCUT2D eigenvalue weighted by Gasteiger charge is 2.25. The van der Waals surface area contributed by atoms with Gasteiger partial charge in [-0.1, -0.05) is 43.3 Å². The van der Waals surface area contributed by atoms with Crippen LogP contribution in [0.5, 0.6) is 0 Å². The first-order valence-electron chi connectivity index (χ1n) is 9.68. The molecule has 1 aromatic carbocycles. The molecule has 3 rings (SSSR count). The number of carbonyl (C=O) groups is 1. The molecule has 1 fully saturated rings. The highest BCUT2D eigenvalue weighted by Crippen LogP contribution is 2.22. The maximum atomic E-state index is 12.6. The zero-order valence-corrected chi connectivity index (χ0v) is 17.0. The van der Waals surface area contributed by atoms with Crippen molar-refractivity contribution in [3.8, 4) is 0 Å². The number of benzene rings is 1. The molecule has 0 spiro atoms. The quantitative estimate of drug-likeness (QED) is 0.742. The van der Waals surface area contributed by atoms with Crippen LogP contribution in [-0.4, -0.2) is 55.0 Å². The lowest BCUT2D eigenvalue weighted by atomic mass is 10.0. The Morgan fingerprint density at radius 3 is 2.52 bits per heavy atom. The van der Waals surface area contributed by atoms with Gasteiger partial charge in [0.2, 0.25) is 5.91 Å². The molecule has 2 heterocycles. The molecule has 144 valence electrons. The normalized spacial score (nSPS) is 17.6. The summed E-state index contributed by atoms with van der Waals surface area (Å²) in [4.78, 5) is 18.7. The Hall–Kier alpha value is -1.95. The summed E-state index contributed by atoms with van der Waals surface area (Å²) in [6.07, 6.45) is 1.96. The molecule has 1 amide bonds. The maximum absolute atomic E-state index is 12.6. The molecule has 5 heteroatoms. The van der Waals surface area contributed by atoms with E-state index in [4.69, 9.17) is 0 Å². The van der Waals surface area contributed by atoms with Gasteiger partial charge in [0, 0.05) is 43.2 Å². The molecule has 4 nitrogen and oxygen atoms in total. The van der Waals surface area contributed by atoms with Gasteiger partial charge in [-0.25, -0.2) is 0 Å². The average Bonchev–Trinajstić information content (AvgIpc) is 3.22. The molecule has 1 atom stereocenters. The number of amides is 1. The van der Waals surface area contributed by atoms with Crippen LogP contribution in [0.1, 0.15) is 30.3 Å². The minimum atomic E-state index is 0.0107. The summed E-state index contributed by atoms with van der Waals surface area (Å²) < 4.78 is 0. The van der Waals surface area contributed by atoms with E-state index in [2.05, 4.69) is 46.3 Å². The summed E-state index contributed by atoms with van der Waals surface area (Å²) in [6, 6.07) is 14.8. The van der Waals surface area contributed by atoms with E-state index in [-0.39, 0.29) is 11.9 Å². The fourth-order valence-corrected chi connectivity index (χ4v) is 4.22. The number of carbonyl (C=O) groups excluding carboxylic acids is 1. The van der Waals surface area contributed by atoms with Crippen LogP contribution in [0, 0.1) is 0 Å². The number of piperazine rings is 1.